The normalized spacial score (nSPS) is 21.9. The molecule has 0 aromatic rings. The first-order chi connectivity index (χ1) is 14.4. The minimum atomic E-state index is -0.969. The zero-order chi connectivity index (χ0) is 21.7. The third-order valence-corrected chi connectivity index (χ3v) is 5.32. The lowest BCUT2D eigenvalue weighted by Gasteiger charge is -2.28. The van der Waals surface area contributed by atoms with Gasteiger partial charge in [0.05, 0.1) is 18.8 Å². The topological polar surface area (TPSA) is 131 Å². The molecule has 0 saturated carbocycles. The van der Waals surface area contributed by atoms with Gasteiger partial charge >= 0.3 is 0 Å². The monoisotopic (exact) mass is 420 g/mol. The third-order valence-electron chi connectivity index (χ3n) is 5.32. The number of nitrogens with one attached hydrogen (secondary N) is 1. The fourth-order valence-electron chi connectivity index (χ4n) is 3.74. The molecule has 2 aliphatic heterocycles. The van der Waals surface area contributed by atoms with Gasteiger partial charge in [-0.3, -0.25) is 29.4 Å². The number of allylic oxidation sites excluding steroid dienone is 1. The van der Waals surface area contributed by atoms with Crippen LogP contribution in [-0.2, 0) is 28.7 Å². The predicted octanol–water partition coefficient (Wildman–Crippen LogP) is -0.942. The van der Waals surface area contributed by atoms with Gasteiger partial charge in [-0.15, -0.1) is 0 Å². The highest BCUT2D eigenvalue weighted by molar-refractivity contribution is 6.23. The van der Waals surface area contributed by atoms with E-state index in [2.05, 4.69) is 10.2 Å². The number of piperidine rings is 1. The van der Waals surface area contributed by atoms with E-state index in [0.29, 0.717) is 43.9 Å². The van der Waals surface area contributed by atoms with Crippen LogP contribution in [0.5, 0.6) is 0 Å². The number of nitrogens with two attached hydrogens (primary N) is 1. The minimum Gasteiger partial charge on any atom is -0.491 e. The number of carbonyl (C=O) groups is 4. The second kappa shape index (κ2) is 9.96. The van der Waals surface area contributed by atoms with Crippen LogP contribution in [-0.4, -0.2) is 86.0 Å². The van der Waals surface area contributed by atoms with Gasteiger partial charge in [0.2, 0.25) is 11.8 Å². The van der Waals surface area contributed by atoms with Crippen LogP contribution >= 0.6 is 0 Å². The Balaban J connectivity index is 1.55. The summed E-state index contributed by atoms with van der Waals surface area (Å²) in [5.74, 6) is -1.68. The fraction of sp³-hybridized carbons (Fsp3) is 0.600. The van der Waals surface area contributed by atoms with E-state index < -0.39 is 29.7 Å². The van der Waals surface area contributed by atoms with Crippen LogP contribution in [0.3, 0.4) is 0 Å². The Morgan fingerprint density at radius 1 is 1.13 bits per heavy atom. The number of likely N-dealkylation sites (N-methyl/N-ethyl adjacent to an activating group) is 1. The van der Waals surface area contributed by atoms with Crippen LogP contribution < -0.4 is 11.1 Å². The first-order valence-electron chi connectivity index (χ1n) is 10.2. The van der Waals surface area contributed by atoms with E-state index in [-0.39, 0.29) is 25.0 Å². The molecule has 1 fully saturated rings. The van der Waals surface area contributed by atoms with Crippen LogP contribution in [0.25, 0.3) is 0 Å². The Kier molecular flexibility index (Phi) is 7.35. The molecule has 30 heavy (non-hydrogen) atoms. The number of ether oxygens (including phenoxy) is 2. The van der Waals surface area contributed by atoms with Crippen molar-refractivity contribution in [1.82, 2.24) is 15.1 Å². The molecule has 0 aromatic carbocycles. The molecule has 2 heterocycles. The van der Waals surface area contributed by atoms with Crippen molar-refractivity contribution in [1.29, 1.82) is 0 Å². The molecule has 10 nitrogen and oxygen atoms in total. The molecule has 3 aliphatic rings. The van der Waals surface area contributed by atoms with Crippen LogP contribution in [0, 0.1) is 0 Å². The molecule has 10 heteroatoms. The third kappa shape index (κ3) is 4.77. The summed E-state index contributed by atoms with van der Waals surface area (Å²) in [6, 6.07) is -0.969. The van der Waals surface area contributed by atoms with Crippen molar-refractivity contribution in [3.05, 3.63) is 23.0 Å². The van der Waals surface area contributed by atoms with Crippen molar-refractivity contribution in [3.8, 4) is 0 Å². The van der Waals surface area contributed by atoms with Crippen molar-refractivity contribution in [2.24, 2.45) is 5.73 Å². The summed E-state index contributed by atoms with van der Waals surface area (Å²) < 4.78 is 11.3. The molecule has 0 bridgehead atoms. The van der Waals surface area contributed by atoms with Crippen LogP contribution in [0.4, 0.5) is 0 Å². The van der Waals surface area contributed by atoms with Gasteiger partial charge in [-0.2, -0.15) is 0 Å². The van der Waals surface area contributed by atoms with Gasteiger partial charge < -0.3 is 20.1 Å². The van der Waals surface area contributed by atoms with Gasteiger partial charge in [0, 0.05) is 31.6 Å². The van der Waals surface area contributed by atoms with Gasteiger partial charge in [-0.1, -0.05) is 0 Å². The zero-order valence-electron chi connectivity index (χ0n) is 17.1. The summed E-state index contributed by atoms with van der Waals surface area (Å²) in [7, 11) is 1.96. The Morgan fingerprint density at radius 3 is 2.67 bits per heavy atom. The molecule has 1 unspecified atom stereocenters. The first kappa shape index (κ1) is 22.1. The van der Waals surface area contributed by atoms with Crippen molar-refractivity contribution in [2.45, 2.75) is 31.7 Å². The molecule has 0 aromatic heterocycles. The smallest absolute Gasteiger partial charge is 0.265 e. The molecule has 3 rings (SSSR count). The van der Waals surface area contributed by atoms with E-state index in [1.54, 1.807) is 6.08 Å². The molecule has 1 saturated heterocycles. The molecule has 1 aliphatic carbocycles. The Morgan fingerprint density at radius 2 is 1.93 bits per heavy atom. The Bertz CT molecular complexity index is 790. The van der Waals surface area contributed by atoms with E-state index in [0.717, 1.165) is 18.0 Å². The molecule has 164 valence electrons. The Labute approximate surface area is 175 Å². The van der Waals surface area contributed by atoms with E-state index in [4.69, 9.17) is 15.2 Å². The molecule has 4 amide bonds. The quantitative estimate of drug-likeness (QED) is 0.342. The lowest BCUT2D eigenvalue weighted by atomic mass is 9.98. The van der Waals surface area contributed by atoms with Gasteiger partial charge in [0.15, 0.2) is 0 Å². The number of hydrogen-bond donors (Lipinski definition) is 2. The molecule has 1 atom stereocenters. The number of hydrogen-bond acceptors (Lipinski definition) is 8. The van der Waals surface area contributed by atoms with Crippen LogP contribution in [0.15, 0.2) is 23.0 Å². The second-order valence-electron chi connectivity index (χ2n) is 7.46. The predicted molar refractivity (Wildman–Crippen MR) is 106 cm³/mol. The molecule has 0 spiro atoms. The van der Waals surface area contributed by atoms with E-state index in [1.807, 2.05) is 7.05 Å². The lowest BCUT2D eigenvalue weighted by Crippen LogP contribution is -2.54. The summed E-state index contributed by atoms with van der Waals surface area (Å²) in [6.07, 6.45) is 3.00. The van der Waals surface area contributed by atoms with Gasteiger partial charge in [-0.05, 0) is 32.4 Å². The van der Waals surface area contributed by atoms with E-state index >= 15 is 0 Å². The number of carbonyl (C=O) groups excluding carboxylic acids is 4. The number of nitrogens with zero attached hydrogens (tertiary/aromatic N) is 2. The van der Waals surface area contributed by atoms with Crippen LogP contribution in [0.1, 0.15) is 25.7 Å². The summed E-state index contributed by atoms with van der Waals surface area (Å²) in [5.41, 5.74) is 6.08. The van der Waals surface area contributed by atoms with Crippen molar-refractivity contribution in [2.75, 3.05) is 46.5 Å². The highest BCUT2D eigenvalue weighted by Gasteiger charge is 2.47. The number of amides is 4. The maximum atomic E-state index is 13.0. The maximum absolute atomic E-state index is 13.0. The Hall–Kier alpha value is -2.56. The minimum absolute atomic E-state index is 0.0924. The zero-order valence-corrected chi connectivity index (χ0v) is 17.1. The molecular formula is C20H28N4O6. The molecule has 3 N–H and O–H groups in total. The van der Waals surface area contributed by atoms with Gasteiger partial charge in [0.25, 0.3) is 11.8 Å². The highest BCUT2D eigenvalue weighted by Crippen LogP contribution is 2.36. The number of imide groups is 2. The standard InChI is InChI=1S/C20H28N4O6/c1-23(8-7-21)9-10-29-11-12-30-15-4-2-3-13-17(15)20(28)24(19(13)27)14-5-6-16(25)22-18(14)26/h4,14H,2-3,5-12,21H2,1H3,(H,22,25,26). The summed E-state index contributed by atoms with van der Waals surface area (Å²) in [6.45, 7) is 3.26. The van der Waals surface area contributed by atoms with E-state index in [1.165, 1.54) is 0 Å². The lowest BCUT2D eigenvalue weighted by molar-refractivity contribution is -0.150. The van der Waals surface area contributed by atoms with E-state index in [9.17, 15) is 19.2 Å². The molecule has 0 radical (unpaired) electrons. The summed E-state index contributed by atoms with van der Waals surface area (Å²) in [5, 5.41) is 2.19. The molecular weight excluding hydrogens is 392 g/mol. The van der Waals surface area contributed by atoms with Gasteiger partial charge in [0.1, 0.15) is 18.4 Å². The fourth-order valence-corrected chi connectivity index (χ4v) is 3.74. The van der Waals surface area contributed by atoms with Gasteiger partial charge in [-0.25, -0.2) is 0 Å². The number of rotatable bonds is 10. The average Bonchev–Trinajstić information content (AvgIpc) is 2.96. The van der Waals surface area contributed by atoms with Crippen LogP contribution in [0.2, 0.25) is 0 Å². The maximum Gasteiger partial charge on any atom is 0.265 e. The van der Waals surface area contributed by atoms with Crippen molar-refractivity contribution < 1.29 is 28.7 Å². The average molecular weight is 420 g/mol. The van der Waals surface area contributed by atoms with Crippen molar-refractivity contribution >= 4 is 23.6 Å². The largest absolute Gasteiger partial charge is 0.491 e. The summed E-state index contributed by atoms with van der Waals surface area (Å²) in [4.78, 5) is 52.4. The second-order valence-corrected chi connectivity index (χ2v) is 7.46. The first-order valence-corrected chi connectivity index (χ1v) is 10.2. The summed E-state index contributed by atoms with van der Waals surface area (Å²) >= 11 is 0. The van der Waals surface area contributed by atoms with Crippen molar-refractivity contribution in [3.63, 3.8) is 0 Å². The SMILES string of the molecule is CN(CCN)CCOCCOC1=CCCC2=C1C(=O)N(C1CCC(=O)NC1=O)C2=O. The highest BCUT2D eigenvalue weighted by atomic mass is 16.5.